The molecule has 0 aromatic carbocycles. The lowest BCUT2D eigenvalue weighted by Gasteiger charge is -2.07. The van der Waals surface area contributed by atoms with Crippen LogP contribution in [0, 0.1) is 29.6 Å². The second-order valence-corrected chi connectivity index (χ2v) is 6.84. The second kappa shape index (κ2) is 4.76. The lowest BCUT2D eigenvalue weighted by molar-refractivity contribution is 0.144. The fourth-order valence-corrected chi connectivity index (χ4v) is 3.36. The van der Waals surface area contributed by atoms with E-state index in [4.69, 9.17) is 4.74 Å². The van der Waals surface area contributed by atoms with Crippen LogP contribution >= 0.6 is 0 Å². The van der Waals surface area contributed by atoms with Gasteiger partial charge in [-0.1, -0.05) is 32.8 Å². The summed E-state index contributed by atoms with van der Waals surface area (Å²) in [6.07, 6.45) is 9.71. The van der Waals surface area contributed by atoms with Crippen LogP contribution in [0.2, 0.25) is 0 Å². The fourth-order valence-electron chi connectivity index (χ4n) is 3.36. The van der Waals surface area contributed by atoms with Crippen molar-refractivity contribution in [1.82, 2.24) is 0 Å². The molecule has 1 heteroatoms. The van der Waals surface area contributed by atoms with Crippen LogP contribution in [0.25, 0.3) is 0 Å². The monoisotopic (exact) mass is 234 g/mol. The number of rotatable bonds is 5. The van der Waals surface area contributed by atoms with E-state index in [1.807, 2.05) is 0 Å². The molecule has 1 heterocycles. The SMILES string of the molecule is CC(C)CCCC1CC1C1=CC2CC2COC1. The molecule has 96 valence electrons. The van der Waals surface area contributed by atoms with Crippen LogP contribution in [-0.2, 0) is 4.74 Å². The summed E-state index contributed by atoms with van der Waals surface area (Å²) in [5.74, 6) is 4.55. The molecule has 0 N–H and O–H groups in total. The number of hydrogen-bond donors (Lipinski definition) is 0. The molecule has 0 saturated heterocycles. The Kier molecular flexibility index (Phi) is 3.30. The third-order valence-corrected chi connectivity index (χ3v) is 4.76. The number of hydrogen-bond acceptors (Lipinski definition) is 1. The molecule has 1 aliphatic heterocycles. The number of allylic oxidation sites excluding steroid dienone is 1. The van der Waals surface area contributed by atoms with Crippen molar-refractivity contribution in [1.29, 1.82) is 0 Å². The van der Waals surface area contributed by atoms with E-state index in [0.717, 1.165) is 42.8 Å². The topological polar surface area (TPSA) is 9.23 Å². The molecule has 4 atom stereocenters. The smallest absolute Gasteiger partial charge is 0.0679 e. The Hall–Kier alpha value is -0.300. The molecule has 1 nitrogen and oxygen atoms in total. The Bertz CT molecular complexity index is 305. The zero-order valence-corrected chi connectivity index (χ0v) is 11.3. The van der Waals surface area contributed by atoms with Gasteiger partial charge >= 0.3 is 0 Å². The van der Waals surface area contributed by atoms with Crippen LogP contribution in [-0.4, -0.2) is 13.2 Å². The van der Waals surface area contributed by atoms with Gasteiger partial charge in [-0.2, -0.15) is 0 Å². The Morgan fingerprint density at radius 2 is 2.24 bits per heavy atom. The lowest BCUT2D eigenvalue weighted by atomic mass is 10.0. The van der Waals surface area contributed by atoms with E-state index in [1.54, 1.807) is 5.57 Å². The molecular weight excluding hydrogens is 208 g/mol. The molecule has 4 unspecified atom stereocenters. The first kappa shape index (κ1) is 11.8. The molecule has 0 radical (unpaired) electrons. The third kappa shape index (κ3) is 2.93. The first-order valence-corrected chi connectivity index (χ1v) is 7.52. The van der Waals surface area contributed by atoms with E-state index >= 15 is 0 Å². The summed E-state index contributed by atoms with van der Waals surface area (Å²) in [6.45, 7) is 6.63. The Balaban J connectivity index is 1.44. The maximum atomic E-state index is 5.79. The van der Waals surface area contributed by atoms with Crippen molar-refractivity contribution < 1.29 is 4.74 Å². The van der Waals surface area contributed by atoms with Gasteiger partial charge in [-0.3, -0.25) is 0 Å². The first-order valence-electron chi connectivity index (χ1n) is 7.52. The highest BCUT2D eigenvalue weighted by Gasteiger charge is 2.43. The molecule has 3 rings (SSSR count). The molecule has 0 spiro atoms. The first-order chi connectivity index (χ1) is 8.24. The highest BCUT2D eigenvalue weighted by molar-refractivity contribution is 5.21. The largest absolute Gasteiger partial charge is 0.377 e. The summed E-state index contributed by atoms with van der Waals surface area (Å²) in [7, 11) is 0. The molecule has 2 fully saturated rings. The van der Waals surface area contributed by atoms with E-state index in [9.17, 15) is 0 Å². The maximum absolute atomic E-state index is 5.79. The van der Waals surface area contributed by atoms with Gasteiger partial charge in [0.2, 0.25) is 0 Å². The third-order valence-electron chi connectivity index (χ3n) is 4.76. The van der Waals surface area contributed by atoms with Gasteiger partial charge in [-0.25, -0.2) is 0 Å². The highest BCUT2D eigenvalue weighted by atomic mass is 16.5. The fraction of sp³-hybridized carbons (Fsp3) is 0.875. The molecule has 0 aromatic rings. The molecule has 2 aliphatic carbocycles. The molecule has 3 aliphatic rings. The van der Waals surface area contributed by atoms with E-state index in [1.165, 1.54) is 32.1 Å². The Morgan fingerprint density at radius 3 is 3.06 bits per heavy atom. The van der Waals surface area contributed by atoms with Crippen molar-refractivity contribution in [3.63, 3.8) is 0 Å². The zero-order chi connectivity index (χ0) is 11.8. The van der Waals surface area contributed by atoms with Crippen LogP contribution in [0.5, 0.6) is 0 Å². The van der Waals surface area contributed by atoms with Gasteiger partial charge < -0.3 is 4.74 Å². The summed E-state index contributed by atoms with van der Waals surface area (Å²) in [6, 6.07) is 0. The van der Waals surface area contributed by atoms with E-state index in [2.05, 4.69) is 19.9 Å². The maximum Gasteiger partial charge on any atom is 0.0679 e. The zero-order valence-electron chi connectivity index (χ0n) is 11.3. The normalized spacial score (nSPS) is 39.6. The average molecular weight is 234 g/mol. The van der Waals surface area contributed by atoms with Crippen molar-refractivity contribution in [2.24, 2.45) is 29.6 Å². The van der Waals surface area contributed by atoms with Crippen LogP contribution in [0.3, 0.4) is 0 Å². The van der Waals surface area contributed by atoms with Crippen LogP contribution in [0.15, 0.2) is 11.6 Å². The van der Waals surface area contributed by atoms with Gasteiger partial charge in [0.15, 0.2) is 0 Å². The number of fused-ring (bicyclic) bond motifs is 1. The minimum atomic E-state index is 0.875. The predicted octanol–water partition coefficient (Wildman–Crippen LogP) is 4.04. The van der Waals surface area contributed by atoms with Crippen LogP contribution in [0.1, 0.15) is 46.0 Å². The van der Waals surface area contributed by atoms with Gasteiger partial charge in [0.1, 0.15) is 0 Å². The highest BCUT2D eigenvalue weighted by Crippen LogP contribution is 2.51. The molecular formula is C16H26O. The van der Waals surface area contributed by atoms with E-state index < -0.39 is 0 Å². The minimum Gasteiger partial charge on any atom is -0.377 e. The quantitative estimate of drug-likeness (QED) is 0.652. The van der Waals surface area contributed by atoms with Crippen LogP contribution in [0.4, 0.5) is 0 Å². The summed E-state index contributed by atoms with van der Waals surface area (Å²) < 4.78 is 5.79. The molecule has 2 saturated carbocycles. The van der Waals surface area contributed by atoms with Crippen molar-refractivity contribution >= 4 is 0 Å². The van der Waals surface area contributed by atoms with Crippen molar-refractivity contribution in [2.75, 3.05) is 13.2 Å². The Morgan fingerprint density at radius 1 is 1.35 bits per heavy atom. The molecule has 17 heavy (non-hydrogen) atoms. The minimum absolute atomic E-state index is 0.875. The lowest BCUT2D eigenvalue weighted by Crippen LogP contribution is -2.01. The summed E-state index contributed by atoms with van der Waals surface area (Å²) in [5, 5.41) is 0. The van der Waals surface area contributed by atoms with Gasteiger partial charge in [0, 0.05) is 0 Å². The van der Waals surface area contributed by atoms with Crippen molar-refractivity contribution in [3.05, 3.63) is 11.6 Å². The second-order valence-electron chi connectivity index (χ2n) is 6.84. The van der Waals surface area contributed by atoms with E-state index in [-0.39, 0.29) is 0 Å². The van der Waals surface area contributed by atoms with Gasteiger partial charge in [0.05, 0.1) is 13.2 Å². The van der Waals surface area contributed by atoms with Crippen molar-refractivity contribution in [2.45, 2.75) is 46.0 Å². The molecule has 0 aromatic heterocycles. The van der Waals surface area contributed by atoms with Crippen LogP contribution < -0.4 is 0 Å². The summed E-state index contributed by atoms with van der Waals surface area (Å²) in [5.41, 5.74) is 1.66. The summed E-state index contributed by atoms with van der Waals surface area (Å²) in [4.78, 5) is 0. The standard InChI is InChI=1S/C16H26O/c1-11(2)4-3-5-12-8-16(12)15-7-13-6-14(13)9-17-10-15/h7,11-14,16H,3-6,8-10H2,1-2H3. The van der Waals surface area contributed by atoms with Gasteiger partial charge in [-0.15, -0.1) is 0 Å². The predicted molar refractivity (Wildman–Crippen MR) is 70.8 cm³/mol. The Labute approximate surface area is 106 Å². The summed E-state index contributed by atoms with van der Waals surface area (Å²) >= 11 is 0. The van der Waals surface area contributed by atoms with E-state index in [0.29, 0.717) is 0 Å². The van der Waals surface area contributed by atoms with Gasteiger partial charge in [0.25, 0.3) is 0 Å². The van der Waals surface area contributed by atoms with Gasteiger partial charge in [-0.05, 0) is 54.4 Å². The van der Waals surface area contributed by atoms with Crippen molar-refractivity contribution in [3.8, 4) is 0 Å². The molecule has 0 amide bonds. The average Bonchev–Trinajstić information content (AvgIpc) is 3.07. The molecule has 0 bridgehead atoms. The number of ether oxygens (including phenoxy) is 1.